The van der Waals surface area contributed by atoms with Gasteiger partial charge in [-0.2, -0.15) is 5.10 Å². The van der Waals surface area contributed by atoms with E-state index in [1.807, 2.05) is 44.5 Å². The normalized spacial score (nSPS) is 19.5. The molecule has 6 heteroatoms. The molecule has 0 saturated carbocycles. The van der Waals surface area contributed by atoms with Crippen LogP contribution in [0, 0.1) is 13.8 Å². The average Bonchev–Trinajstić information content (AvgIpc) is 2.83. The molecular formula is C19H23N3O3. The fourth-order valence-electron chi connectivity index (χ4n) is 3.25. The maximum atomic E-state index is 12.9. The number of nitrogens with zero attached hydrogens (tertiary/aromatic N) is 2. The van der Waals surface area contributed by atoms with Crippen molar-refractivity contribution in [1.29, 1.82) is 0 Å². The van der Waals surface area contributed by atoms with E-state index in [4.69, 9.17) is 4.74 Å². The van der Waals surface area contributed by atoms with Crippen LogP contribution in [-0.2, 0) is 16.0 Å². The number of rotatable bonds is 3. The van der Waals surface area contributed by atoms with Crippen LogP contribution >= 0.6 is 0 Å². The largest absolute Gasteiger partial charge is 0.445 e. The molecule has 0 aliphatic carbocycles. The molecule has 0 unspecified atom stereocenters. The molecular weight excluding hydrogens is 318 g/mol. The molecule has 1 aromatic heterocycles. The Labute approximate surface area is 147 Å². The molecule has 0 fully saturated rings. The molecule has 0 radical (unpaired) electrons. The number of nitrogens with one attached hydrogen (secondary N) is 1. The quantitative estimate of drug-likeness (QED) is 0.870. The minimum Gasteiger partial charge on any atom is -0.445 e. The maximum absolute atomic E-state index is 12.9. The number of fused-ring (bicyclic) bond motifs is 1. The highest BCUT2D eigenvalue weighted by Crippen LogP contribution is 2.30. The van der Waals surface area contributed by atoms with Crippen LogP contribution in [0.3, 0.4) is 0 Å². The number of aromatic nitrogens is 2. The van der Waals surface area contributed by atoms with Crippen molar-refractivity contribution >= 4 is 17.6 Å². The third-order valence-corrected chi connectivity index (χ3v) is 4.62. The third-order valence-electron chi connectivity index (χ3n) is 4.62. The second kappa shape index (κ2) is 6.02. The molecule has 1 aliphatic rings. The highest BCUT2D eigenvalue weighted by molar-refractivity contribution is 6.02. The topological polar surface area (TPSA) is 73.2 Å². The Hall–Kier alpha value is -2.63. The molecule has 6 nitrogen and oxygen atoms in total. The Morgan fingerprint density at radius 3 is 2.64 bits per heavy atom. The fourth-order valence-corrected chi connectivity index (χ4v) is 3.25. The van der Waals surface area contributed by atoms with Gasteiger partial charge in [0.15, 0.2) is 5.60 Å². The lowest BCUT2D eigenvalue weighted by Crippen LogP contribution is -2.49. The summed E-state index contributed by atoms with van der Waals surface area (Å²) < 4.78 is 7.36. The lowest BCUT2D eigenvalue weighted by atomic mass is 9.89. The van der Waals surface area contributed by atoms with Crippen molar-refractivity contribution in [3.05, 3.63) is 46.8 Å². The number of anilines is 1. The van der Waals surface area contributed by atoms with E-state index in [-0.39, 0.29) is 11.9 Å². The molecule has 0 bridgehead atoms. The van der Waals surface area contributed by atoms with E-state index in [1.54, 1.807) is 19.1 Å². The fraction of sp³-hybridized carbons (Fsp3) is 0.421. The number of cyclic esters (lactones) is 1. The summed E-state index contributed by atoms with van der Waals surface area (Å²) in [5.74, 6) is -0.810. The minimum absolute atomic E-state index is 0.194. The number of ether oxygens (including phenoxy) is 1. The Bertz CT molecular complexity index is 854. The summed E-state index contributed by atoms with van der Waals surface area (Å²) in [5, 5.41) is 7.39. The summed E-state index contributed by atoms with van der Waals surface area (Å²) in [6, 6.07) is 7.41. The number of hydrogen-bond donors (Lipinski definition) is 1. The van der Waals surface area contributed by atoms with E-state index in [2.05, 4.69) is 10.4 Å². The van der Waals surface area contributed by atoms with Crippen molar-refractivity contribution in [3.8, 4) is 0 Å². The molecule has 2 aromatic rings. The van der Waals surface area contributed by atoms with Gasteiger partial charge in [0.05, 0.1) is 22.6 Å². The van der Waals surface area contributed by atoms with E-state index in [0.29, 0.717) is 17.7 Å². The molecule has 25 heavy (non-hydrogen) atoms. The van der Waals surface area contributed by atoms with Crippen LogP contribution in [0.4, 0.5) is 5.69 Å². The maximum Gasteiger partial charge on any atom is 0.339 e. The zero-order valence-electron chi connectivity index (χ0n) is 15.2. The van der Waals surface area contributed by atoms with E-state index in [0.717, 1.165) is 17.0 Å². The van der Waals surface area contributed by atoms with Crippen LogP contribution < -0.4 is 5.32 Å². The van der Waals surface area contributed by atoms with Crippen LogP contribution in [0.1, 0.15) is 54.1 Å². The minimum atomic E-state index is -1.25. The van der Waals surface area contributed by atoms with Crippen molar-refractivity contribution in [2.75, 3.05) is 5.32 Å². The second-order valence-electron chi connectivity index (χ2n) is 6.99. The van der Waals surface area contributed by atoms with Crippen LogP contribution in [0.25, 0.3) is 0 Å². The number of aryl methyl sites for hydroxylation is 1. The first-order valence-electron chi connectivity index (χ1n) is 8.41. The van der Waals surface area contributed by atoms with Crippen LogP contribution in [-0.4, -0.2) is 27.3 Å². The number of benzene rings is 1. The zero-order chi connectivity index (χ0) is 18.4. The summed E-state index contributed by atoms with van der Waals surface area (Å²) in [6.45, 7) is 9.48. The predicted molar refractivity (Wildman–Crippen MR) is 94.7 cm³/mol. The van der Waals surface area contributed by atoms with Gasteiger partial charge in [-0.3, -0.25) is 9.48 Å². The SMILES string of the molecule is Cc1nn(C(C)C)c(C)c1NC(=O)[C@@]1(C)Cc2ccccc2C(=O)O1. The van der Waals surface area contributed by atoms with Gasteiger partial charge in [0, 0.05) is 12.5 Å². The molecule has 1 N–H and O–H groups in total. The van der Waals surface area contributed by atoms with Crippen molar-refractivity contribution in [2.24, 2.45) is 0 Å². The van der Waals surface area contributed by atoms with E-state index < -0.39 is 11.6 Å². The molecule has 132 valence electrons. The zero-order valence-corrected chi connectivity index (χ0v) is 15.2. The molecule has 1 aliphatic heterocycles. The van der Waals surface area contributed by atoms with Gasteiger partial charge in [0.1, 0.15) is 0 Å². The summed E-state index contributed by atoms with van der Waals surface area (Å²) in [6.07, 6.45) is 0.344. The van der Waals surface area contributed by atoms with Gasteiger partial charge in [0.2, 0.25) is 0 Å². The van der Waals surface area contributed by atoms with Crippen LogP contribution in [0.2, 0.25) is 0 Å². The number of hydrogen-bond acceptors (Lipinski definition) is 4. The Morgan fingerprint density at radius 2 is 2.00 bits per heavy atom. The van der Waals surface area contributed by atoms with Gasteiger partial charge in [-0.1, -0.05) is 18.2 Å². The lowest BCUT2D eigenvalue weighted by molar-refractivity contribution is -0.134. The molecule has 0 saturated heterocycles. The van der Waals surface area contributed by atoms with Crippen molar-refractivity contribution in [2.45, 2.75) is 52.7 Å². The van der Waals surface area contributed by atoms with Gasteiger partial charge in [-0.25, -0.2) is 4.79 Å². The standard InChI is InChI=1S/C19H23N3O3/c1-11(2)22-13(4)16(12(3)21-22)20-18(24)19(5)10-14-8-6-7-9-15(14)17(23)25-19/h6-9,11H,10H2,1-5H3,(H,20,24)/t19-/m1/s1. The molecule has 0 spiro atoms. The van der Waals surface area contributed by atoms with Gasteiger partial charge in [-0.15, -0.1) is 0 Å². The van der Waals surface area contributed by atoms with Gasteiger partial charge >= 0.3 is 5.97 Å². The van der Waals surface area contributed by atoms with Gasteiger partial charge in [-0.05, 0) is 46.2 Å². The summed E-state index contributed by atoms with van der Waals surface area (Å²) in [5.41, 5.74) is 2.40. The first-order valence-corrected chi connectivity index (χ1v) is 8.41. The first-order chi connectivity index (χ1) is 11.7. The summed E-state index contributed by atoms with van der Waals surface area (Å²) in [4.78, 5) is 25.2. The third kappa shape index (κ3) is 2.92. The van der Waals surface area contributed by atoms with Crippen LogP contribution in [0.5, 0.6) is 0 Å². The molecule has 3 rings (SSSR count). The van der Waals surface area contributed by atoms with E-state index in [1.165, 1.54) is 0 Å². The summed E-state index contributed by atoms with van der Waals surface area (Å²) in [7, 11) is 0. The van der Waals surface area contributed by atoms with Gasteiger partial charge in [0.25, 0.3) is 5.91 Å². The number of carbonyl (C=O) groups is 2. The first kappa shape index (κ1) is 17.2. The Balaban J connectivity index is 1.89. The van der Waals surface area contributed by atoms with E-state index in [9.17, 15) is 9.59 Å². The average molecular weight is 341 g/mol. The smallest absolute Gasteiger partial charge is 0.339 e. The number of carbonyl (C=O) groups excluding carboxylic acids is 2. The Morgan fingerprint density at radius 1 is 1.32 bits per heavy atom. The number of amides is 1. The highest BCUT2D eigenvalue weighted by Gasteiger charge is 2.43. The lowest BCUT2D eigenvalue weighted by Gasteiger charge is -2.33. The monoisotopic (exact) mass is 341 g/mol. The van der Waals surface area contributed by atoms with Crippen molar-refractivity contribution in [3.63, 3.8) is 0 Å². The van der Waals surface area contributed by atoms with Crippen LogP contribution in [0.15, 0.2) is 24.3 Å². The van der Waals surface area contributed by atoms with Gasteiger partial charge < -0.3 is 10.1 Å². The van der Waals surface area contributed by atoms with Crippen molar-refractivity contribution < 1.29 is 14.3 Å². The summed E-state index contributed by atoms with van der Waals surface area (Å²) >= 11 is 0. The van der Waals surface area contributed by atoms with Crippen molar-refractivity contribution in [1.82, 2.24) is 9.78 Å². The molecule has 1 atom stereocenters. The predicted octanol–water partition coefficient (Wildman–Crippen LogP) is 3.19. The molecule has 1 amide bonds. The second-order valence-corrected chi connectivity index (χ2v) is 6.99. The molecule has 1 aromatic carbocycles. The molecule has 2 heterocycles. The highest BCUT2D eigenvalue weighted by atomic mass is 16.6. The number of esters is 1. The van der Waals surface area contributed by atoms with E-state index >= 15 is 0 Å². The Kier molecular flexibility index (Phi) is 4.14.